The van der Waals surface area contributed by atoms with Crippen molar-refractivity contribution in [2.24, 2.45) is 0 Å². The maximum atomic E-state index is 4.32. The maximum absolute atomic E-state index is 4.32. The summed E-state index contributed by atoms with van der Waals surface area (Å²) in [4.78, 5) is 0. The van der Waals surface area contributed by atoms with Crippen LogP contribution in [0.25, 0.3) is 10.9 Å². The van der Waals surface area contributed by atoms with E-state index in [0.29, 0.717) is 0 Å². The molecule has 0 aliphatic carbocycles. The van der Waals surface area contributed by atoms with Gasteiger partial charge in [-0.2, -0.15) is 5.10 Å². The number of rotatable bonds is 3. The highest BCUT2D eigenvalue weighted by atomic mass is 15.3. The number of benzene rings is 1. The van der Waals surface area contributed by atoms with Crippen LogP contribution in [0.3, 0.4) is 0 Å². The molecule has 0 saturated carbocycles. The van der Waals surface area contributed by atoms with Gasteiger partial charge in [-0.3, -0.25) is 4.68 Å². The van der Waals surface area contributed by atoms with Gasteiger partial charge in [0.25, 0.3) is 0 Å². The second-order valence-electron chi connectivity index (χ2n) is 3.46. The Bertz CT molecular complexity index is 429. The molecule has 0 N–H and O–H groups in total. The zero-order chi connectivity index (χ0) is 9.97. The highest BCUT2D eigenvalue weighted by Crippen LogP contribution is 2.16. The Balaban J connectivity index is 2.46. The summed E-state index contributed by atoms with van der Waals surface area (Å²) in [5.41, 5.74) is 2.57. The summed E-state index contributed by atoms with van der Waals surface area (Å²) in [6, 6.07) is 6.53. The summed E-state index contributed by atoms with van der Waals surface area (Å²) in [6.07, 6.45) is 3.94. The average Bonchev–Trinajstić information content (AvgIpc) is 2.60. The Hall–Kier alpha value is -1.31. The fraction of sp³-hybridized carbons (Fsp3) is 0.333. The van der Waals surface area contributed by atoms with E-state index in [1.54, 1.807) is 0 Å². The molecule has 0 bridgehead atoms. The van der Waals surface area contributed by atoms with Crippen LogP contribution in [0.2, 0.25) is 0 Å². The van der Waals surface area contributed by atoms with Crippen molar-refractivity contribution in [3.63, 3.8) is 0 Å². The van der Waals surface area contributed by atoms with Crippen molar-refractivity contribution < 1.29 is 0 Å². The molecule has 2 nitrogen and oxygen atoms in total. The standard InChI is InChI=1S/C12H15N2/c1-3-5-10-6-7-12-11(8-10)9-13-14(12)4-2/h6-9H,1,3-5H2,2H3. The number of aromatic nitrogens is 2. The van der Waals surface area contributed by atoms with E-state index in [4.69, 9.17) is 0 Å². The van der Waals surface area contributed by atoms with Crippen LogP contribution in [0.1, 0.15) is 18.9 Å². The second-order valence-corrected chi connectivity index (χ2v) is 3.46. The third-order valence-electron chi connectivity index (χ3n) is 2.47. The molecule has 1 aromatic carbocycles. The second kappa shape index (κ2) is 3.82. The predicted octanol–water partition coefficient (Wildman–Crippen LogP) is 2.82. The molecule has 0 saturated heterocycles. The number of hydrogen-bond donors (Lipinski definition) is 0. The van der Waals surface area contributed by atoms with E-state index >= 15 is 0 Å². The lowest BCUT2D eigenvalue weighted by atomic mass is 10.1. The smallest absolute Gasteiger partial charge is 0.0682 e. The third-order valence-corrected chi connectivity index (χ3v) is 2.47. The minimum absolute atomic E-state index is 0.929. The van der Waals surface area contributed by atoms with E-state index in [1.165, 1.54) is 16.5 Å². The van der Waals surface area contributed by atoms with Crippen molar-refractivity contribution in [1.82, 2.24) is 9.78 Å². The molecule has 0 amide bonds. The van der Waals surface area contributed by atoms with Gasteiger partial charge in [0.05, 0.1) is 11.7 Å². The summed E-state index contributed by atoms with van der Waals surface area (Å²) in [6.45, 7) is 6.90. The molecule has 0 aliphatic heterocycles. The fourth-order valence-electron chi connectivity index (χ4n) is 1.75. The largest absolute Gasteiger partial charge is 0.265 e. The molecule has 73 valence electrons. The lowest BCUT2D eigenvalue weighted by molar-refractivity contribution is 0.684. The minimum atomic E-state index is 0.929. The summed E-state index contributed by atoms with van der Waals surface area (Å²) >= 11 is 0. The fourth-order valence-corrected chi connectivity index (χ4v) is 1.75. The van der Waals surface area contributed by atoms with Crippen LogP contribution in [-0.2, 0) is 13.0 Å². The minimum Gasteiger partial charge on any atom is -0.265 e. The van der Waals surface area contributed by atoms with Gasteiger partial charge in [0.1, 0.15) is 0 Å². The normalized spacial score (nSPS) is 11.0. The quantitative estimate of drug-likeness (QED) is 0.722. The van der Waals surface area contributed by atoms with E-state index in [9.17, 15) is 0 Å². The molecule has 2 aromatic rings. The molecule has 0 unspecified atom stereocenters. The van der Waals surface area contributed by atoms with Gasteiger partial charge < -0.3 is 0 Å². The zero-order valence-corrected chi connectivity index (χ0v) is 8.53. The number of fused-ring (bicyclic) bond motifs is 1. The molecular formula is C12H15N2. The molecule has 0 atom stereocenters. The van der Waals surface area contributed by atoms with Crippen LogP contribution < -0.4 is 0 Å². The third kappa shape index (κ3) is 1.52. The first-order chi connectivity index (χ1) is 6.85. The summed E-state index contributed by atoms with van der Waals surface area (Å²) in [5, 5.41) is 5.55. The predicted molar refractivity (Wildman–Crippen MR) is 59.1 cm³/mol. The first-order valence-corrected chi connectivity index (χ1v) is 5.09. The Kier molecular flexibility index (Phi) is 2.53. The molecule has 2 rings (SSSR count). The molecule has 1 radical (unpaired) electrons. The molecule has 2 heteroatoms. The molecule has 1 aromatic heterocycles. The average molecular weight is 187 g/mol. The monoisotopic (exact) mass is 187 g/mol. The van der Waals surface area contributed by atoms with E-state index in [2.05, 4.69) is 37.1 Å². The molecule has 1 heterocycles. The molecule has 14 heavy (non-hydrogen) atoms. The highest BCUT2D eigenvalue weighted by molar-refractivity contribution is 5.79. The highest BCUT2D eigenvalue weighted by Gasteiger charge is 2.01. The van der Waals surface area contributed by atoms with E-state index in [0.717, 1.165) is 19.4 Å². The Morgan fingerprint density at radius 2 is 2.29 bits per heavy atom. The van der Waals surface area contributed by atoms with Crippen LogP contribution in [-0.4, -0.2) is 9.78 Å². The lowest BCUT2D eigenvalue weighted by Gasteiger charge is -2.00. The van der Waals surface area contributed by atoms with Gasteiger partial charge in [-0.05, 0) is 37.5 Å². The molecule has 0 spiro atoms. The molecule has 0 aliphatic rings. The number of nitrogens with zero attached hydrogens (tertiary/aromatic N) is 2. The van der Waals surface area contributed by atoms with Crippen molar-refractivity contribution in [3.05, 3.63) is 36.9 Å². The van der Waals surface area contributed by atoms with Gasteiger partial charge in [0, 0.05) is 11.9 Å². The van der Waals surface area contributed by atoms with Crippen molar-refractivity contribution in [1.29, 1.82) is 0 Å². The van der Waals surface area contributed by atoms with Crippen LogP contribution in [0.5, 0.6) is 0 Å². The summed E-state index contributed by atoms with van der Waals surface area (Å²) in [5.74, 6) is 0. The van der Waals surface area contributed by atoms with Crippen molar-refractivity contribution in [2.75, 3.05) is 0 Å². The SMILES string of the molecule is [CH2]CCc1ccc2c(cnn2CC)c1. The van der Waals surface area contributed by atoms with Crippen LogP contribution in [0.15, 0.2) is 24.4 Å². The maximum Gasteiger partial charge on any atom is 0.0682 e. The van der Waals surface area contributed by atoms with E-state index in [1.807, 2.05) is 10.9 Å². The van der Waals surface area contributed by atoms with Crippen molar-refractivity contribution in [2.45, 2.75) is 26.3 Å². The first-order valence-electron chi connectivity index (χ1n) is 5.09. The molecule has 0 fully saturated rings. The topological polar surface area (TPSA) is 17.8 Å². The first kappa shape index (κ1) is 9.25. The summed E-state index contributed by atoms with van der Waals surface area (Å²) < 4.78 is 2.02. The number of aryl methyl sites for hydroxylation is 2. The van der Waals surface area contributed by atoms with Gasteiger partial charge in [0.2, 0.25) is 0 Å². The van der Waals surface area contributed by atoms with Crippen LogP contribution in [0, 0.1) is 6.92 Å². The van der Waals surface area contributed by atoms with E-state index < -0.39 is 0 Å². The Morgan fingerprint density at radius 1 is 1.43 bits per heavy atom. The van der Waals surface area contributed by atoms with Gasteiger partial charge >= 0.3 is 0 Å². The molecular weight excluding hydrogens is 172 g/mol. The van der Waals surface area contributed by atoms with Gasteiger partial charge in [-0.1, -0.05) is 13.0 Å². The number of hydrogen-bond acceptors (Lipinski definition) is 1. The Morgan fingerprint density at radius 3 is 3.00 bits per heavy atom. The zero-order valence-electron chi connectivity index (χ0n) is 8.53. The van der Waals surface area contributed by atoms with Crippen molar-refractivity contribution >= 4 is 10.9 Å². The van der Waals surface area contributed by atoms with Gasteiger partial charge in [-0.15, -0.1) is 0 Å². The van der Waals surface area contributed by atoms with Gasteiger partial charge in [-0.25, -0.2) is 0 Å². The lowest BCUT2D eigenvalue weighted by Crippen LogP contribution is -1.95. The van der Waals surface area contributed by atoms with Crippen molar-refractivity contribution in [3.8, 4) is 0 Å². The van der Waals surface area contributed by atoms with E-state index in [-0.39, 0.29) is 0 Å². The Labute approximate surface area is 84.5 Å². The summed E-state index contributed by atoms with van der Waals surface area (Å²) in [7, 11) is 0. The van der Waals surface area contributed by atoms with Crippen LogP contribution in [0.4, 0.5) is 0 Å². The van der Waals surface area contributed by atoms with Gasteiger partial charge in [0.15, 0.2) is 0 Å². The van der Waals surface area contributed by atoms with Crippen LogP contribution >= 0.6 is 0 Å².